The number of nitrogens with zero attached hydrogens (tertiary/aromatic N) is 4. The molecule has 4 N–H and O–H groups in total. The minimum Gasteiger partial charge on any atom is -0.481 e. The number of fused-ring (bicyclic) bond motifs is 3. The number of hydrogen-bond donors (Lipinski definition) is 3. The lowest BCUT2D eigenvalue weighted by Gasteiger charge is -2.71. The molecular formula is C41H70N6O4. The molecule has 4 fully saturated rings. The van der Waals surface area contributed by atoms with E-state index in [1.807, 2.05) is 0 Å². The van der Waals surface area contributed by atoms with Gasteiger partial charge < -0.3 is 25.6 Å². The maximum Gasteiger partial charge on any atom is 0.307 e. The predicted molar refractivity (Wildman–Crippen MR) is 201 cm³/mol. The number of carboxylic acids is 1. The summed E-state index contributed by atoms with van der Waals surface area (Å²) in [5.41, 5.74) is 6.14. The third-order valence-corrected chi connectivity index (χ3v) is 16.7. The summed E-state index contributed by atoms with van der Waals surface area (Å²) in [5.74, 6) is 0.895. The summed E-state index contributed by atoms with van der Waals surface area (Å²) < 4.78 is 14.0. The highest BCUT2D eigenvalue weighted by Crippen LogP contribution is 2.75. The fourth-order valence-corrected chi connectivity index (χ4v) is 12.7. The lowest BCUT2D eigenvalue weighted by atomic mass is 9.34. The largest absolute Gasteiger partial charge is 0.481 e. The van der Waals surface area contributed by atoms with Crippen molar-refractivity contribution in [2.45, 2.75) is 145 Å². The van der Waals surface area contributed by atoms with Crippen LogP contribution in [0, 0.1) is 62.6 Å². The van der Waals surface area contributed by atoms with E-state index >= 15 is 0 Å². The highest BCUT2D eigenvalue weighted by atomic mass is 16.5. The van der Waals surface area contributed by atoms with Crippen molar-refractivity contribution in [2.24, 2.45) is 62.6 Å². The molecule has 3 saturated carbocycles. The first kappa shape index (κ1) is 38.7. The van der Waals surface area contributed by atoms with Gasteiger partial charge in [0.1, 0.15) is 6.04 Å². The Labute approximate surface area is 307 Å². The van der Waals surface area contributed by atoms with Crippen LogP contribution in [0.3, 0.4) is 0 Å². The number of nitrogens with one attached hydrogen (secondary N) is 1. The van der Waals surface area contributed by atoms with Crippen LogP contribution in [0.5, 0.6) is 0 Å². The molecule has 2 heterocycles. The Bertz CT molecular complexity index is 1480. The van der Waals surface area contributed by atoms with Gasteiger partial charge >= 0.3 is 5.97 Å². The molecular weight excluding hydrogens is 640 g/mol. The van der Waals surface area contributed by atoms with Gasteiger partial charge in [0.05, 0.1) is 31.8 Å². The third-order valence-electron chi connectivity index (χ3n) is 16.7. The number of ether oxygens (including phenoxy) is 2. The first-order valence-corrected chi connectivity index (χ1v) is 20.3. The number of unbranched alkanes of at least 4 members (excludes halogenated alkanes) is 1. The molecule has 1 aliphatic heterocycles. The van der Waals surface area contributed by atoms with Crippen molar-refractivity contribution in [3.8, 4) is 0 Å². The molecule has 6 rings (SSSR count). The van der Waals surface area contributed by atoms with Crippen LogP contribution in [-0.4, -0.2) is 69.3 Å². The van der Waals surface area contributed by atoms with E-state index in [1.54, 1.807) is 4.80 Å². The smallest absolute Gasteiger partial charge is 0.307 e. The Morgan fingerprint density at radius 3 is 2.47 bits per heavy atom. The average molecular weight is 711 g/mol. The van der Waals surface area contributed by atoms with Gasteiger partial charge in [-0.3, -0.25) is 4.79 Å². The molecule has 1 aromatic rings. The minimum atomic E-state index is -0.624. The summed E-state index contributed by atoms with van der Waals surface area (Å²) in [7, 11) is 0. The number of aromatic nitrogens is 4. The number of anilines is 1. The van der Waals surface area contributed by atoms with Gasteiger partial charge in [-0.05, 0) is 109 Å². The summed E-state index contributed by atoms with van der Waals surface area (Å²) in [6.07, 6.45) is 10.3. The van der Waals surface area contributed by atoms with Crippen LogP contribution in [0.15, 0.2) is 11.6 Å². The molecule has 51 heavy (non-hydrogen) atoms. The zero-order chi connectivity index (χ0) is 37.4. The van der Waals surface area contributed by atoms with Gasteiger partial charge in [0.25, 0.3) is 5.95 Å². The van der Waals surface area contributed by atoms with E-state index in [1.165, 1.54) is 5.57 Å². The Morgan fingerprint density at radius 2 is 1.86 bits per heavy atom. The fraction of sp³-hybridized carbons (Fsp3) is 0.902. The number of hydrogen-bond acceptors (Lipinski definition) is 8. The summed E-state index contributed by atoms with van der Waals surface area (Å²) in [6.45, 7) is 28.1. The molecule has 288 valence electrons. The topological polar surface area (TPSA) is 137 Å². The standard InChI is InChI=1S/C41H70N6O4/c1-12-13-20-43-40(11,26(4)5)23-51-33-30(47-45-35(42)44-46-47)21-41-24-50-22-37(33,8)31(41)15-14-28-29(41)16-17-39(10)32(34(48)49)36(7,27(6)25(2)3)18-19-38(28,39)9/h16,25-28,30-33,43H,12-15,17-24H2,1-11H3,(H2,42,45)(H,48,49)/t27-,28+,30-,31+,32-,33+,36-,37-,38-,39+,40-,41+/m1/s1. The van der Waals surface area contributed by atoms with E-state index in [0.717, 1.165) is 57.9 Å². The molecule has 5 aliphatic rings. The highest BCUT2D eigenvalue weighted by molar-refractivity contribution is 5.73. The molecule has 0 amide bonds. The fourth-order valence-electron chi connectivity index (χ4n) is 12.7. The van der Waals surface area contributed by atoms with Gasteiger partial charge in [-0.2, -0.15) is 4.80 Å². The summed E-state index contributed by atoms with van der Waals surface area (Å²) in [4.78, 5) is 15.2. The average Bonchev–Trinajstić information content (AvgIpc) is 3.49. The first-order chi connectivity index (χ1) is 23.8. The van der Waals surface area contributed by atoms with Crippen LogP contribution in [-0.2, 0) is 14.3 Å². The highest BCUT2D eigenvalue weighted by Gasteiger charge is 2.72. The molecule has 0 aromatic carbocycles. The van der Waals surface area contributed by atoms with Crippen LogP contribution in [0.1, 0.15) is 134 Å². The van der Waals surface area contributed by atoms with Crippen molar-refractivity contribution in [2.75, 3.05) is 32.1 Å². The number of aliphatic carboxylic acids is 1. The van der Waals surface area contributed by atoms with Gasteiger partial charge in [0.15, 0.2) is 0 Å². The number of nitrogen functional groups attached to an aromatic ring is 1. The van der Waals surface area contributed by atoms with E-state index in [4.69, 9.17) is 15.2 Å². The number of allylic oxidation sites excluding steroid dienone is 1. The van der Waals surface area contributed by atoms with Crippen molar-refractivity contribution in [3.05, 3.63) is 11.6 Å². The lowest BCUT2D eigenvalue weighted by molar-refractivity contribution is -0.254. The van der Waals surface area contributed by atoms with Crippen LogP contribution < -0.4 is 11.1 Å². The van der Waals surface area contributed by atoms with Crippen LogP contribution in [0.4, 0.5) is 5.95 Å². The van der Waals surface area contributed by atoms with Gasteiger partial charge in [0, 0.05) is 16.4 Å². The van der Waals surface area contributed by atoms with E-state index in [9.17, 15) is 9.90 Å². The van der Waals surface area contributed by atoms with Gasteiger partial charge in [-0.25, -0.2) is 0 Å². The molecule has 12 atom stereocenters. The SMILES string of the molecule is CCCCN[C@](C)(CO[C@H]1[C@H](n2nnc(N)n2)C[C@@]23COC[C@]1(C)[C@@H]2CC[C@H]1C3=CC[C@@]2(C)[C@H](C(=O)O)[C@@](C)([C@H](C)C(C)C)CC[C@]12C)C(C)C. The molecule has 10 heteroatoms. The van der Waals surface area contributed by atoms with Gasteiger partial charge in [-0.1, -0.05) is 92.4 Å². The van der Waals surface area contributed by atoms with Crippen LogP contribution in [0.2, 0.25) is 0 Å². The summed E-state index contributed by atoms with van der Waals surface area (Å²) in [6, 6.07) is -0.166. The Hall–Kier alpha value is -2.04. The number of carbonyl (C=O) groups is 1. The summed E-state index contributed by atoms with van der Waals surface area (Å²) in [5, 5.41) is 28.2. The molecule has 1 aromatic heterocycles. The first-order valence-electron chi connectivity index (χ1n) is 20.3. The van der Waals surface area contributed by atoms with Gasteiger partial charge in [-0.15, -0.1) is 5.10 Å². The molecule has 10 nitrogen and oxygen atoms in total. The minimum absolute atomic E-state index is 0.147. The van der Waals surface area contributed by atoms with Crippen LogP contribution in [0.25, 0.3) is 0 Å². The molecule has 1 saturated heterocycles. The van der Waals surface area contributed by atoms with Crippen molar-refractivity contribution in [3.63, 3.8) is 0 Å². The Kier molecular flexibility index (Phi) is 10.1. The third kappa shape index (κ3) is 5.73. The second-order valence-electron chi connectivity index (χ2n) is 19.7. The van der Waals surface area contributed by atoms with Crippen molar-refractivity contribution in [1.29, 1.82) is 0 Å². The summed E-state index contributed by atoms with van der Waals surface area (Å²) >= 11 is 0. The Balaban J connectivity index is 1.41. The zero-order valence-corrected chi connectivity index (χ0v) is 33.7. The normalized spacial score (nSPS) is 42.4. The number of nitrogens with two attached hydrogens (primary N) is 1. The second-order valence-corrected chi connectivity index (χ2v) is 19.7. The maximum absolute atomic E-state index is 13.5. The zero-order valence-electron chi connectivity index (χ0n) is 33.7. The monoisotopic (exact) mass is 711 g/mol. The lowest BCUT2D eigenvalue weighted by Crippen LogP contribution is -2.69. The number of carboxylic acid groups (broad SMARTS) is 1. The van der Waals surface area contributed by atoms with Crippen LogP contribution >= 0.6 is 0 Å². The molecule has 0 spiro atoms. The molecule has 4 aliphatic carbocycles. The number of rotatable bonds is 12. The van der Waals surface area contributed by atoms with E-state index in [0.29, 0.717) is 43.5 Å². The van der Waals surface area contributed by atoms with E-state index in [2.05, 4.69) is 103 Å². The predicted octanol–water partition coefficient (Wildman–Crippen LogP) is 7.57. The van der Waals surface area contributed by atoms with Crippen molar-refractivity contribution < 1.29 is 19.4 Å². The maximum atomic E-state index is 13.5. The Morgan fingerprint density at radius 1 is 1.14 bits per heavy atom. The molecule has 2 bridgehead atoms. The molecule has 0 unspecified atom stereocenters. The van der Waals surface area contributed by atoms with Crippen molar-refractivity contribution in [1.82, 2.24) is 25.5 Å². The van der Waals surface area contributed by atoms with E-state index in [-0.39, 0.29) is 56.6 Å². The second kappa shape index (κ2) is 13.4. The van der Waals surface area contributed by atoms with E-state index < -0.39 is 11.9 Å². The quantitative estimate of drug-likeness (QED) is 0.148. The number of tetrazole rings is 1. The molecule has 0 radical (unpaired) electrons. The van der Waals surface area contributed by atoms with Crippen molar-refractivity contribution >= 4 is 11.9 Å². The van der Waals surface area contributed by atoms with Gasteiger partial charge in [0.2, 0.25) is 0 Å².